The molecule has 0 aliphatic heterocycles. The molecular formula is C7H4BrF2NO2. The molecule has 0 radical (unpaired) electrons. The zero-order chi connectivity index (χ0) is 10.0. The van der Waals surface area contributed by atoms with Crippen molar-refractivity contribution in [2.24, 2.45) is 0 Å². The summed E-state index contributed by atoms with van der Waals surface area (Å²) in [6.45, 7) is -0.945. The van der Waals surface area contributed by atoms with Crippen LogP contribution >= 0.6 is 15.9 Å². The summed E-state index contributed by atoms with van der Waals surface area (Å²) in [6, 6.07) is 1.73. The fourth-order valence-corrected chi connectivity index (χ4v) is 1.17. The number of hydrogen-bond acceptors (Lipinski definition) is 2. The van der Waals surface area contributed by atoms with Crippen LogP contribution in [0.2, 0.25) is 0 Å². The Morgan fingerprint density at radius 1 is 1.54 bits per heavy atom. The van der Waals surface area contributed by atoms with Crippen LogP contribution in [-0.2, 0) is 6.67 Å². The first kappa shape index (κ1) is 10.0. The van der Waals surface area contributed by atoms with Crippen LogP contribution in [0.3, 0.4) is 0 Å². The monoisotopic (exact) mass is 251 g/mol. The van der Waals surface area contributed by atoms with Crippen molar-refractivity contribution < 1.29 is 13.7 Å². The maximum Gasteiger partial charge on any atom is 0.272 e. The topological polar surface area (TPSA) is 43.1 Å². The molecule has 0 bridgehead atoms. The van der Waals surface area contributed by atoms with Crippen LogP contribution in [0, 0.1) is 15.9 Å². The number of benzene rings is 1. The maximum atomic E-state index is 12.9. The number of non-ortho nitro benzene ring substituents is 1. The second-order valence-electron chi connectivity index (χ2n) is 2.29. The van der Waals surface area contributed by atoms with Gasteiger partial charge in [0.05, 0.1) is 15.5 Å². The van der Waals surface area contributed by atoms with Crippen LogP contribution in [0.5, 0.6) is 0 Å². The summed E-state index contributed by atoms with van der Waals surface area (Å²) >= 11 is 2.79. The first-order valence-electron chi connectivity index (χ1n) is 3.24. The lowest BCUT2D eigenvalue weighted by Crippen LogP contribution is -1.93. The SMILES string of the molecule is O=[N+]([O-])c1cc(F)c(Br)c(CF)c1. The minimum atomic E-state index is -0.945. The number of nitrogens with zero attached hydrogens (tertiary/aromatic N) is 1. The Labute approximate surface area is 80.6 Å². The molecule has 13 heavy (non-hydrogen) atoms. The van der Waals surface area contributed by atoms with E-state index >= 15 is 0 Å². The molecular weight excluding hydrogens is 248 g/mol. The van der Waals surface area contributed by atoms with E-state index in [0.29, 0.717) is 0 Å². The Hall–Kier alpha value is -1.04. The van der Waals surface area contributed by atoms with E-state index in [1.807, 2.05) is 0 Å². The molecule has 0 atom stereocenters. The van der Waals surface area contributed by atoms with Gasteiger partial charge in [-0.2, -0.15) is 0 Å². The van der Waals surface area contributed by atoms with E-state index in [2.05, 4.69) is 15.9 Å². The standard InChI is InChI=1S/C7H4BrF2NO2/c8-7-4(3-9)1-5(11(12)13)2-6(7)10/h1-2H,3H2. The number of alkyl halides is 1. The molecule has 3 nitrogen and oxygen atoms in total. The molecule has 0 fully saturated rings. The van der Waals surface area contributed by atoms with Crippen molar-refractivity contribution in [3.05, 3.63) is 38.1 Å². The first-order valence-corrected chi connectivity index (χ1v) is 4.04. The summed E-state index contributed by atoms with van der Waals surface area (Å²) < 4.78 is 25.0. The molecule has 0 heterocycles. The van der Waals surface area contributed by atoms with Crippen LogP contribution in [0.4, 0.5) is 14.5 Å². The number of rotatable bonds is 2. The lowest BCUT2D eigenvalue weighted by molar-refractivity contribution is -0.385. The van der Waals surface area contributed by atoms with Gasteiger partial charge < -0.3 is 0 Å². The van der Waals surface area contributed by atoms with E-state index in [-0.39, 0.29) is 10.0 Å². The third kappa shape index (κ3) is 2.00. The van der Waals surface area contributed by atoms with Gasteiger partial charge in [0.25, 0.3) is 5.69 Å². The van der Waals surface area contributed by atoms with Crippen LogP contribution in [0.15, 0.2) is 16.6 Å². The van der Waals surface area contributed by atoms with Crippen molar-refractivity contribution in [1.29, 1.82) is 0 Å². The maximum absolute atomic E-state index is 12.9. The normalized spacial score (nSPS) is 10.1. The second kappa shape index (κ2) is 3.78. The van der Waals surface area contributed by atoms with Gasteiger partial charge >= 0.3 is 0 Å². The predicted octanol–water partition coefficient (Wildman–Crippen LogP) is 2.97. The van der Waals surface area contributed by atoms with E-state index < -0.39 is 23.1 Å². The van der Waals surface area contributed by atoms with Crippen molar-refractivity contribution in [3.63, 3.8) is 0 Å². The van der Waals surface area contributed by atoms with E-state index in [4.69, 9.17) is 0 Å². The number of nitro benzene ring substituents is 1. The summed E-state index contributed by atoms with van der Waals surface area (Å²) in [5.41, 5.74) is -0.514. The second-order valence-corrected chi connectivity index (χ2v) is 3.08. The molecule has 0 aromatic heterocycles. The molecule has 70 valence electrons. The summed E-state index contributed by atoms with van der Waals surface area (Å²) in [7, 11) is 0. The van der Waals surface area contributed by atoms with E-state index in [1.54, 1.807) is 0 Å². The fraction of sp³-hybridized carbons (Fsp3) is 0.143. The molecule has 0 spiro atoms. The van der Waals surface area contributed by atoms with Crippen molar-refractivity contribution in [2.45, 2.75) is 6.67 Å². The van der Waals surface area contributed by atoms with Crippen molar-refractivity contribution in [1.82, 2.24) is 0 Å². The minimum Gasteiger partial charge on any atom is -0.258 e. The molecule has 1 aromatic rings. The number of nitro groups is 1. The fourth-order valence-electron chi connectivity index (χ4n) is 0.833. The molecule has 6 heteroatoms. The summed E-state index contributed by atoms with van der Waals surface area (Å²) in [4.78, 5) is 9.46. The quantitative estimate of drug-likeness (QED) is 0.599. The van der Waals surface area contributed by atoms with E-state index in [9.17, 15) is 18.9 Å². The Morgan fingerprint density at radius 3 is 2.62 bits per heavy atom. The van der Waals surface area contributed by atoms with Gasteiger partial charge in [-0.25, -0.2) is 8.78 Å². The van der Waals surface area contributed by atoms with Crippen LogP contribution in [0.1, 0.15) is 5.56 Å². The van der Waals surface area contributed by atoms with Gasteiger partial charge in [0.2, 0.25) is 0 Å². The Morgan fingerprint density at radius 2 is 2.15 bits per heavy atom. The van der Waals surface area contributed by atoms with Crippen molar-refractivity contribution >= 4 is 21.6 Å². The van der Waals surface area contributed by atoms with Gasteiger partial charge in [-0.05, 0) is 15.9 Å². The summed E-state index contributed by atoms with van der Waals surface area (Å²) in [5.74, 6) is -0.832. The lowest BCUT2D eigenvalue weighted by Gasteiger charge is -2.00. The highest BCUT2D eigenvalue weighted by Crippen LogP contribution is 2.26. The van der Waals surface area contributed by atoms with Crippen LogP contribution < -0.4 is 0 Å². The lowest BCUT2D eigenvalue weighted by atomic mass is 10.2. The van der Waals surface area contributed by atoms with Gasteiger partial charge in [-0.1, -0.05) is 0 Å². The highest BCUT2D eigenvalue weighted by molar-refractivity contribution is 9.10. The van der Waals surface area contributed by atoms with E-state index in [1.165, 1.54) is 0 Å². The average molecular weight is 252 g/mol. The highest BCUT2D eigenvalue weighted by atomic mass is 79.9. The van der Waals surface area contributed by atoms with Crippen molar-refractivity contribution in [2.75, 3.05) is 0 Å². The zero-order valence-corrected chi connectivity index (χ0v) is 7.85. The smallest absolute Gasteiger partial charge is 0.258 e. The third-order valence-corrected chi connectivity index (χ3v) is 2.33. The molecule has 1 aromatic carbocycles. The predicted molar refractivity (Wildman–Crippen MR) is 45.6 cm³/mol. The summed E-state index contributed by atoms with van der Waals surface area (Å²) in [6.07, 6.45) is 0. The average Bonchev–Trinajstić information content (AvgIpc) is 2.09. The molecule has 0 aliphatic rings. The highest BCUT2D eigenvalue weighted by Gasteiger charge is 2.14. The van der Waals surface area contributed by atoms with Gasteiger partial charge in [0.1, 0.15) is 12.5 Å². The molecule has 0 N–H and O–H groups in total. The van der Waals surface area contributed by atoms with Gasteiger partial charge in [-0.3, -0.25) is 10.1 Å². The summed E-state index contributed by atoms with van der Waals surface area (Å²) in [5, 5.41) is 10.2. The van der Waals surface area contributed by atoms with Gasteiger partial charge in [0.15, 0.2) is 0 Å². The first-order chi connectivity index (χ1) is 6.06. The molecule has 1 rings (SSSR count). The number of halogens is 3. The molecule has 0 saturated heterocycles. The molecule has 0 amide bonds. The Bertz CT molecular complexity index is 357. The Kier molecular flexibility index (Phi) is 2.92. The number of hydrogen-bond donors (Lipinski definition) is 0. The molecule has 0 saturated carbocycles. The molecule has 0 unspecified atom stereocenters. The van der Waals surface area contributed by atoms with Crippen molar-refractivity contribution in [3.8, 4) is 0 Å². The van der Waals surface area contributed by atoms with Crippen LogP contribution in [0.25, 0.3) is 0 Å². The largest absolute Gasteiger partial charge is 0.272 e. The van der Waals surface area contributed by atoms with Gasteiger partial charge in [0, 0.05) is 11.6 Å². The van der Waals surface area contributed by atoms with Crippen LogP contribution in [-0.4, -0.2) is 4.92 Å². The third-order valence-electron chi connectivity index (χ3n) is 1.44. The molecule has 0 aliphatic carbocycles. The Balaban J connectivity index is 3.30. The zero-order valence-electron chi connectivity index (χ0n) is 6.26. The van der Waals surface area contributed by atoms with E-state index in [0.717, 1.165) is 12.1 Å². The minimum absolute atomic E-state index is 0.0632. The van der Waals surface area contributed by atoms with Gasteiger partial charge in [-0.15, -0.1) is 0 Å².